The Bertz CT molecular complexity index is 1140. The van der Waals surface area contributed by atoms with Crippen molar-refractivity contribution >= 4 is 22.8 Å². The monoisotopic (exact) mass is 482 g/mol. The first kappa shape index (κ1) is 26.2. The Morgan fingerprint density at radius 1 is 1.06 bits per heavy atom. The largest absolute Gasteiger partial charge is 0.391 e. The lowest BCUT2D eigenvalue weighted by atomic mass is 9.88. The van der Waals surface area contributed by atoms with Gasteiger partial charge in [0, 0.05) is 5.92 Å². The van der Waals surface area contributed by atoms with Crippen molar-refractivity contribution in [3.05, 3.63) is 72.1 Å². The summed E-state index contributed by atoms with van der Waals surface area (Å²) >= 11 is 0. The highest BCUT2D eigenvalue weighted by atomic mass is 19.1. The van der Waals surface area contributed by atoms with Gasteiger partial charge in [-0.05, 0) is 57.2 Å². The summed E-state index contributed by atoms with van der Waals surface area (Å²) in [5.41, 5.74) is 2.27. The highest BCUT2D eigenvalue weighted by molar-refractivity contribution is 5.94. The van der Waals surface area contributed by atoms with Crippen LogP contribution in [0.4, 0.5) is 4.39 Å². The number of benzene rings is 2. The van der Waals surface area contributed by atoms with Crippen LogP contribution in [0.5, 0.6) is 0 Å². The summed E-state index contributed by atoms with van der Waals surface area (Å²) in [6.07, 6.45) is 0.614. The zero-order chi connectivity index (χ0) is 25.4. The van der Waals surface area contributed by atoms with E-state index in [-0.39, 0.29) is 31.4 Å². The summed E-state index contributed by atoms with van der Waals surface area (Å²) in [5.74, 6) is -2.07. The Hall–Kier alpha value is -3.43. The Morgan fingerprint density at radius 3 is 2.37 bits per heavy atom. The van der Waals surface area contributed by atoms with Crippen LogP contribution in [0, 0.1) is 5.92 Å². The molecule has 35 heavy (non-hydrogen) atoms. The Morgan fingerprint density at radius 2 is 1.71 bits per heavy atom. The third kappa shape index (κ3) is 7.80. The zero-order valence-electron chi connectivity index (χ0n) is 19.8. The third-order valence-electron chi connectivity index (χ3n) is 5.85. The van der Waals surface area contributed by atoms with E-state index in [1.54, 1.807) is 23.7 Å². The Kier molecular flexibility index (Phi) is 8.84. The molecule has 186 valence electrons. The van der Waals surface area contributed by atoms with Crippen molar-refractivity contribution in [3.63, 3.8) is 0 Å². The minimum Gasteiger partial charge on any atom is -0.391 e. The quantitative estimate of drug-likeness (QED) is 0.245. The first-order chi connectivity index (χ1) is 16.7. The number of carbonyl (C=O) groups excluding carboxylic acids is 2. The maximum atomic E-state index is 14.0. The molecule has 0 radical (unpaired) electrons. The van der Waals surface area contributed by atoms with E-state index in [1.165, 1.54) is 20.0 Å². The summed E-state index contributed by atoms with van der Waals surface area (Å²) in [7, 11) is 0. The average molecular weight is 483 g/mol. The molecule has 9 heteroatoms. The van der Waals surface area contributed by atoms with Gasteiger partial charge >= 0.3 is 0 Å². The molecule has 3 rings (SSSR count). The number of carbonyl (C=O) groups is 2. The molecule has 0 fully saturated rings. The number of hydrogen-bond donors (Lipinski definition) is 4. The van der Waals surface area contributed by atoms with Crippen LogP contribution in [-0.4, -0.2) is 49.9 Å². The molecule has 0 unspecified atom stereocenters. The van der Waals surface area contributed by atoms with Gasteiger partial charge in [0.25, 0.3) is 5.91 Å². The molecule has 0 saturated carbocycles. The summed E-state index contributed by atoms with van der Waals surface area (Å²) in [5, 5.41) is 23.0. The Labute approximate surface area is 203 Å². The van der Waals surface area contributed by atoms with Crippen LogP contribution in [0.3, 0.4) is 0 Å². The molecule has 1 heterocycles. The molecule has 3 aromatic rings. The predicted octanol–water partition coefficient (Wildman–Crippen LogP) is 3.37. The van der Waals surface area contributed by atoms with Crippen LogP contribution in [0.15, 0.2) is 60.8 Å². The molecule has 0 aliphatic carbocycles. The van der Waals surface area contributed by atoms with Crippen molar-refractivity contribution < 1.29 is 24.3 Å². The number of hydrogen-bond acceptors (Lipinski definition) is 6. The number of aliphatic hydroxyl groups is 1. The number of nitrogens with zero attached hydrogens (tertiary/aromatic N) is 2. The first-order valence-corrected chi connectivity index (χ1v) is 11.5. The molecule has 0 saturated heterocycles. The fourth-order valence-corrected chi connectivity index (χ4v) is 3.88. The second kappa shape index (κ2) is 11.8. The number of aliphatic hydroxyl groups excluding tert-OH is 1. The van der Waals surface area contributed by atoms with Gasteiger partial charge in [0.15, 0.2) is 0 Å². The number of fused-ring (bicyclic) bond motifs is 1. The number of halogens is 1. The normalized spacial score (nSPS) is 14.2. The minimum atomic E-state index is -1.51. The maximum absolute atomic E-state index is 14.0. The van der Waals surface area contributed by atoms with Crippen molar-refractivity contribution in [2.45, 2.75) is 57.3 Å². The van der Waals surface area contributed by atoms with E-state index >= 15 is 0 Å². The summed E-state index contributed by atoms with van der Waals surface area (Å²) in [6.45, 7) is 2.81. The minimum absolute atomic E-state index is 0.0696. The van der Waals surface area contributed by atoms with Gasteiger partial charge < -0.3 is 10.4 Å². The van der Waals surface area contributed by atoms with Crippen LogP contribution in [0.2, 0.25) is 0 Å². The molecule has 2 aromatic carbocycles. The lowest BCUT2D eigenvalue weighted by Crippen LogP contribution is -2.47. The van der Waals surface area contributed by atoms with E-state index in [4.69, 9.17) is 5.21 Å². The summed E-state index contributed by atoms with van der Waals surface area (Å²) in [6, 6.07) is 15.7. The number of para-hydroxylation sites is 2. The number of rotatable bonds is 11. The smallest absolute Gasteiger partial charge is 0.271 e. The van der Waals surface area contributed by atoms with Gasteiger partial charge in [0.2, 0.25) is 5.91 Å². The molecule has 0 bridgehead atoms. The van der Waals surface area contributed by atoms with Crippen LogP contribution in [-0.2, 0) is 11.2 Å². The number of alkyl halides is 1. The molecular weight excluding hydrogens is 451 g/mol. The standard InChI is InChI=1S/C26H31FN4O4/c1-26(2,27)13-12-18(24(33)31-35)15-23(32)21(14-17-8-4-3-5-9-17)30-25(34)22-16-28-19-10-6-7-11-20(19)29-22/h3-11,16,18,21,23,32,35H,12-15H2,1-2H3,(H,30,34)(H,31,33)/t18-,21+,23+/m1/s1. The van der Waals surface area contributed by atoms with Gasteiger partial charge in [-0.2, -0.15) is 0 Å². The molecule has 1 aromatic heterocycles. The van der Waals surface area contributed by atoms with E-state index in [9.17, 15) is 19.1 Å². The highest BCUT2D eigenvalue weighted by Crippen LogP contribution is 2.24. The van der Waals surface area contributed by atoms with Crippen molar-refractivity contribution in [1.29, 1.82) is 0 Å². The van der Waals surface area contributed by atoms with E-state index in [0.29, 0.717) is 11.0 Å². The predicted molar refractivity (Wildman–Crippen MR) is 129 cm³/mol. The molecular formula is C26H31FN4O4. The summed E-state index contributed by atoms with van der Waals surface area (Å²) < 4.78 is 14.0. The van der Waals surface area contributed by atoms with Crippen molar-refractivity contribution in [2.24, 2.45) is 5.92 Å². The van der Waals surface area contributed by atoms with Gasteiger partial charge in [0.1, 0.15) is 11.4 Å². The fraction of sp³-hybridized carbons (Fsp3) is 0.385. The molecule has 4 N–H and O–H groups in total. The van der Waals surface area contributed by atoms with Crippen LogP contribution in [0.25, 0.3) is 11.0 Å². The molecule has 0 spiro atoms. The zero-order valence-corrected chi connectivity index (χ0v) is 19.8. The van der Waals surface area contributed by atoms with Gasteiger partial charge in [-0.1, -0.05) is 42.5 Å². The van der Waals surface area contributed by atoms with Crippen molar-refractivity contribution in [3.8, 4) is 0 Å². The first-order valence-electron chi connectivity index (χ1n) is 11.5. The molecule has 0 aliphatic heterocycles. The van der Waals surface area contributed by atoms with Gasteiger partial charge in [-0.3, -0.25) is 19.8 Å². The van der Waals surface area contributed by atoms with Gasteiger partial charge in [-0.15, -0.1) is 0 Å². The molecule has 8 nitrogen and oxygen atoms in total. The Balaban J connectivity index is 1.80. The lowest BCUT2D eigenvalue weighted by molar-refractivity contribution is -0.135. The topological polar surface area (TPSA) is 124 Å². The second-order valence-corrected chi connectivity index (χ2v) is 9.25. The number of amides is 2. The SMILES string of the molecule is CC(C)(F)CC[C@H](C[C@H](O)[C@H](Cc1ccccc1)NC(=O)c1cnc2ccccc2n1)C(=O)NO. The number of hydroxylamine groups is 1. The van der Waals surface area contributed by atoms with Crippen molar-refractivity contribution in [2.75, 3.05) is 0 Å². The van der Waals surface area contributed by atoms with E-state index in [1.807, 2.05) is 36.4 Å². The second-order valence-electron chi connectivity index (χ2n) is 9.25. The van der Waals surface area contributed by atoms with Crippen LogP contribution >= 0.6 is 0 Å². The summed E-state index contributed by atoms with van der Waals surface area (Å²) in [4.78, 5) is 33.9. The molecule has 2 amide bonds. The van der Waals surface area contributed by atoms with E-state index in [0.717, 1.165) is 5.56 Å². The van der Waals surface area contributed by atoms with E-state index < -0.39 is 35.5 Å². The highest BCUT2D eigenvalue weighted by Gasteiger charge is 2.30. The third-order valence-corrected chi connectivity index (χ3v) is 5.85. The molecule has 0 aliphatic rings. The van der Waals surface area contributed by atoms with Gasteiger partial charge in [-0.25, -0.2) is 14.9 Å². The van der Waals surface area contributed by atoms with Crippen LogP contribution in [0.1, 0.15) is 49.2 Å². The van der Waals surface area contributed by atoms with Gasteiger partial charge in [0.05, 0.1) is 29.4 Å². The van der Waals surface area contributed by atoms with E-state index in [2.05, 4.69) is 15.3 Å². The fourth-order valence-electron chi connectivity index (χ4n) is 3.88. The average Bonchev–Trinajstić information content (AvgIpc) is 2.85. The molecule has 3 atom stereocenters. The van der Waals surface area contributed by atoms with Crippen molar-refractivity contribution in [1.82, 2.24) is 20.8 Å². The maximum Gasteiger partial charge on any atom is 0.271 e. The lowest BCUT2D eigenvalue weighted by Gasteiger charge is -2.28. The number of nitrogens with one attached hydrogen (secondary N) is 2. The number of aromatic nitrogens is 2. The van der Waals surface area contributed by atoms with Crippen LogP contribution < -0.4 is 10.8 Å².